The first-order chi connectivity index (χ1) is 12.3. The van der Waals surface area contributed by atoms with Crippen LogP contribution < -0.4 is 5.32 Å². The van der Waals surface area contributed by atoms with Gasteiger partial charge in [0.1, 0.15) is 0 Å². The van der Waals surface area contributed by atoms with E-state index in [1.54, 1.807) is 7.11 Å². The Labute approximate surface area is 175 Å². The van der Waals surface area contributed by atoms with Crippen molar-refractivity contribution in [3.63, 3.8) is 0 Å². The van der Waals surface area contributed by atoms with Crippen LogP contribution in [-0.4, -0.2) is 64.5 Å². The van der Waals surface area contributed by atoms with Crippen LogP contribution >= 0.6 is 24.0 Å². The summed E-state index contributed by atoms with van der Waals surface area (Å²) in [6.45, 7) is 7.30. The molecule has 0 saturated carbocycles. The summed E-state index contributed by atoms with van der Waals surface area (Å²) in [5.41, 5.74) is 2.76. The molecular formula is C20H34IN3O2. The van der Waals surface area contributed by atoms with Gasteiger partial charge in [-0.3, -0.25) is 4.99 Å². The number of methoxy groups -OCH3 is 1. The Morgan fingerprint density at radius 1 is 1.23 bits per heavy atom. The number of likely N-dealkylation sites (tertiary alicyclic amines) is 1. The molecule has 1 aliphatic rings. The number of rotatable bonds is 9. The molecule has 0 bridgehead atoms. The molecule has 1 aliphatic heterocycles. The average Bonchev–Trinajstić information content (AvgIpc) is 3.11. The monoisotopic (exact) mass is 475 g/mol. The summed E-state index contributed by atoms with van der Waals surface area (Å²) in [6.07, 6.45) is 3.27. The van der Waals surface area contributed by atoms with Crippen LogP contribution in [0.1, 0.15) is 24.5 Å². The normalized spacial score (nSPS) is 17.3. The highest BCUT2D eigenvalue weighted by Crippen LogP contribution is 2.16. The molecule has 0 aromatic heterocycles. The van der Waals surface area contributed by atoms with E-state index in [9.17, 15) is 0 Å². The Bertz CT molecular complexity index is 522. The van der Waals surface area contributed by atoms with Crippen molar-refractivity contribution in [2.24, 2.45) is 10.9 Å². The smallest absolute Gasteiger partial charge is 0.193 e. The van der Waals surface area contributed by atoms with Gasteiger partial charge in [-0.1, -0.05) is 31.2 Å². The molecule has 2 rings (SSSR count). The molecule has 5 nitrogen and oxygen atoms in total. The van der Waals surface area contributed by atoms with Gasteiger partial charge < -0.3 is 19.7 Å². The fourth-order valence-corrected chi connectivity index (χ4v) is 3.15. The second-order valence-corrected chi connectivity index (χ2v) is 6.56. The molecule has 0 aliphatic carbocycles. The topological polar surface area (TPSA) is 46.1 Å². The van der Waals surface area contributed by atoms with E-state index in [4.69, 9.17) is 9.47 Å². The second kappa shape index (κ2) is 13.3. The molecule has 1 fully saturated rings. The van der Waals surface area contributed by atoms with Crippen molar-refractivity contribution >= 4 is 29.9 Å². The van der Waals surface area contributed by atoms with Gasteiger partial charge in [0.15, 0.2) is 5.96 Å². The first-order valence-corrected chi connectivity index (χ1v) is 9.37. The Morgan fingerprint density at radius 2 is 1.96 bits per heavy atom. The van der Waals surface area contributed by atoms with Crippen molar-refractivity contribution in [1.82, 2.24) is 10.2 Å². The summed E-state index contributed by atoms with van der Waals surface area (Å²) in [5, 5.41) is 3.50. The number of ether oxygens (including phenoxy) is 2. The van der Waals surface area contributed by atoms with Crippen LogP contribution in [0.15, 0.2) is 29.3 Å². The maximum absolute atomic E-state index is 5.67. The first kappa shape index (κ1) is 23.2. The maximum Gasteiger partial charge on any atom is 0.193 e. The molecule has 1 aromatic rings. The Hall–Kier alpha value is -0.860. The van der Waals surface area contributed by atoms with Crippen LogP contribution in [-0.2, 0) is 22.3 Å². The molecule has 0 spiro atoms. The van der Waals surface area contributed by atoms with Gasteiger partial charge in [-0.15, -0.1) is 24.0 Å². The number of benzene rings is 1. The zero-order chi connectivity index (χ0) is 17.9. The van der Waals surface area contributed by atoms with E-state index in [1.165, 1.54) is 11.1 Å². The lowest BCUT2D eigenvalue weighted by molar-refractivity contribution is 0.0536. The lowest BCUT2D eigenvalue weighted by Crippen LogP contribution is -2.41. The van der Waals surface area contributed by atoms with Crippen LogP contribution in [0.2, 0.25) is 0 Å². The van der Waals surface area contributed by atoms with Crippen LogP contribution in [0.4, 0.5) is 0 Å². The third-order valence-corrected chi connectivity index (χ3v) is 4.71. The number of guanidine groups is 1. The molecular weight excluding hydrogens is 441 g/mol. The molecule has 1 unspecified atom stereocenters. The molecule has 1 heterocycles. The van der Waals surface area contributed by atoms with Crippen LogP contribution in [0.25, 0.3) is 0 Å². The van der Waals surface area contributed by atoms with E-state index in [0.29, 0.717) is 19.1 Å². The number of nitrogens with one attached hydrogen (secondary N) is 1. The molecule has 1 aromatic carbocycles. The van der Waals surface area contributed by atoms with E-state index in [0.717, 1.165) is 51.5 Å². The summed E-state index contributed by atoms with van der Waals surface area (Å²) in [6, 6.07) is 8.90. The number of aliphatic imine (C=N–C) groups is 1. The molecule has 148 valence electrons. The Balaban J connectivity index is 0.00000338. The number of aryl methyl sites for hydroxylation is 1. The van der Waals surface area contributed by atoms with Gasteiger partial charge in [0.2, 0.25) is 0 Å². The van der Waals surface area contributed by atoms with Crippen molar-refractivity contribution in [3.05, 3.63) is 35.4 Å². The summed E-state index contributed by atoms with van der Waals surface area (Å²) < 4.78 is 10.7. The van der Waals surface area contributed by atoms with Gasteiger partial charge in [-0.05, 0) is 30.4 Å². The molecule has 6 heteroatoms. The minimum absolute atomic E-state index is 0. The van der Waals surface area contributed by atoms with E-state index >= 15 is 0 Å². The Morgan fingerprint density at radius 3 is 2.62 bits per heavy atom. The van der Waals surface area contributed by atoms with E-state index in [-0.39, 0.29) is 24.0 Å². The van der Waals surface area contributed by atoms with Crippen LogP contribution in [0.5, 0.6) is 0 Å². The van der Waals surface area contributed by atoms with Gasteiger partial charge >= 0.3 is 0 Å². The molecule has 0 radical (unpaired) electrons. The average molecular weight is 475 g/mol. The largest absolute Gasteiger partial charge is 0.382 e. The first-order valence-electron chi connectivity index (χ1n) is 9.37. The van der Waals surface area contributed by atoms with Crippen LogP contribution in [0, 0.1) is 5.92 Å². The van der Waals surface area contributed by atoms with E-state index < -0.39 is 0 Å². The predicted octanol–water partition coefficient (Wildman–Crippen LogP) is 2.97. The molecule has 1 saturated heterocycles. The third-order valence-electron chi connectivity index (χ3n) is 4.71. The fourth-order valence-electron chi connectivity index (χ4n) is 3.15. The predicted molar refractivity (Wildman–Crippen MR) is 119 cm³/mol. The van der Waals surface area contributed by atoms with Crippen molar-refractivity contribution in [2.75, 3.05) is 53.6 Å². The van der Waals surface area contributed by atoms with Crippen molar-refractivity contribution in [2.45, 2.75) is 26.2 Å². The van der Waals surface area contributed by atoms with Crippen LogP contribution in [0.3, 0.4) is 0 Å². The Kier molecular flexibility index (Phi) is 11.9. The quantitative estimate of drug-likeness (QED) is 0.258. The number of halogens is 1. The number of nitrogens with zero attached hydrogens (tertiary/aromatic N) is 2. The standard InChI is InChI=1S/C20H33N3O2.HI/c1-4-17-5-7-18(8-6-17)9-11-22-20(21-2)23-12-10-19(15-23)16-25-14-13-24-3;/h5-8,19H,4,9-16H2,1-3H3,(H,21,22);1H. The van der Waals surface area contributed by atoms with Gasteiger partial charge in [0, 0.05) is 39.7 Å². The zero-order valence-corrected chi connectivity index (χ0v) is 18.7. The van der Waals surface area contributed by atoms with Gasteiger partial charge in [0.05, 0.1) is 19.8 Å². The molecule has 1 N–H and O–H groups in total. The summed E-state index contributed by atoms with van der Waals surface area (Å²) >= 11 is 0. The summed E-state index contributed by atoms with van der Waals surface area (Å²) in [5.74, 6) is 1.58. The lowest BCUT2D eigenvalue weighted by atomic mass is 10.1. The van der Waals surface area contributed by atoms with Gasteiger partial charge in [-0.25, -0.2) is 0 Å². The third kappa shape index (κ3) is 7.80. The number of hydrogen-bond acceptors (Lipinski definition) is 3. The van der Waals surface area contributed by atoms with Gasteiger partial charge in [0.25, 0.3) is 0 Å². The molecule has 1 atom stereocenters. The minimum Gasteiger partial charge on any atom is -0.382 e. The van der Waals surface area contributed by atoms with E-state index in [2.05, 4.69) is 46.4 Å². The molecule has 0 amide bonds. The molecule has 26 heavy (non-hydrogen) atoms. The number of hydrogen-bond donors (Lipinski definition) is 1. The SMILES string of the molecule is CCc1ccc(CCNC(=NC)N2CCC(COCCOC)C2)cc1.I. The highest BCUT2D eigenvalue weighted by atomic mass is 127. The van der Waals surface area contributed by atoms with Crippen molar-refractivity contribution in [3.8, 4) is 0 Å². The van der Waals surface area contributed by atoms with Gasteiger partial charge in [-0.2, -0.15) is 0 Å². The van der Waals surface area contributed by atoms with Crippen molar-refractivity contribution in [1.29, 1.82) is 0 Å². The fraction of sp³-hybridized carbons (Fsp3) is 0.650. The van der Waals surface area contributed by atoms with E-state index in [1.807, 2.05) is 7.05 Å². The zero-order valence-electron chi connectivity index (χ0n) is 16.4. The minimum atomic E-state index is 0. The lowest BCUT2D eigenvalue weighted by Gasteiger charge is -2.21. The highest BCUT2D eigenvalue weighted by Gasteiger charge is 2.24. The summed E-state index contributed by atoms with van der Waals surface area (Å²) in [4.78, 5) is 6.78. The van der Waals surface area contributed by atoms with Crippen molar-refractivity contribution < 1.29 is 9.47 Å². The maximum atomic E-state index is 5.67. The second-order valence-electron chi connectivity index (χ2n) is 6.56. The highest BCUT2D eigenvalue weighted by molar-refractivity contribution is 14.0. The summed E-state index contributed by atoms with van der Waals surface area (Å²) in [7, 11) is 3.56.